The number of carbonyl (C=O) groups excluding carboxylic acids is 1. The third-order valence-corrected chi connectivity index (χ3v) is 4.37. The van der Waals surface area contributed by atoms with E-state index in [4.69, 9.17) is 9.47 Å². The van der Waals surface area contributed by atoms with Gasteiger partial charge in [0.2, 0.25) is 0 Å². The molecule has 0 aromatic heterocycles. The summed E-state index contributed by atoms with van der Waals surface area (Å²) < 4.78 is 39.2. The van der Waals surface area contributed by atoms with Gasteiger partial charge in [0.05, 0.1) is 13.7 Å². The molecular weight excluding hydrogens is 352 g/mol. The Bertz CT molecular complexity index is 665. The van der Waals surface area contributed by atoms with E-state index in [9.17, 15) is 23.5 Å². The summed E-state index contributed by atoms with van der Waals surface area (Å²) in [5.74, 6) is -1.62. The van der Waals surface area contributed by atoms with E-state index in [1.807, 2.05) is 0 Å². The van der Waals surface area contributed by atoms with Crippen LogP contribution in [-0.2, 0) is 9.53 Å². The standard InChI is InChI=1S/C17H21F2NO6/c1-24-10-17(15(22)23)6-3-7-20(9-17)14(21)11-4-5-12(26-16(18)19)13(8-11)25-2/h4-5,8,16H,3,6-7,9-10H2,1-2H3,(H,22,23). The van der Waals surface area contributed by atoms with Crippen molar-refractivity contribution in [1.29, 1.82) is 0 Å². The van der Waals surface area contributed by atoms with E-state index in [1.54, 1.807) is 0 Å². The smallest absolute Gasteiger partial charge is 0.387 e. The first-order valence-corrected chi connectivity index (χ1v) is 7.97. The van der Waals surface area contributed by atoms with Gasteiger partial charge in [0, 0.05) is 25.8 Å². The Labute approximate surface area is 149 Å². The number of carbonyl (C=O) groups is 2. The molecule has 1 heterocycles. The van der Waals surface area contributed by atoms with Crippen molar-refractivity contribution in [3.8, 4) is 11.5 Å². The third kappa shape index (κ3) is 4.21. The van der Waals surface area contributed by atoms with Crippen molar-refractivity contribution in [3.63, 3.8) is 0 Å². The number of likely N-dealkylation sites (tertiary alicyclic amines) is 1. The topological polar surface area (TPSA) is 85.3 Å². The summed E-state index contributed by atoms with van der Waals surface area (Å²) >= 11 is 0. The highest BCUT2D eigenvalue weighted by Gasteiger charge is 2.44. The van der Waals surface area contributed by atoms with Crippen LogP contribution in [0.25, 0.3) is 0 Å². The van der Waals surface area contributed by atoms with E-state index in [2.05, 4.69) is 4.74 Å². The molecule has 1 saturated heterocycles. The van der Waals surface area contributed by atoms with Crippen LogP contribution in [0.3, 0.4) is 0 Å². The number of carboxylic acid groups (broad SMARTS) is 1. The summed E-state index contributed by atoms with van der Waals surface area (Å²) in [7, 11) is 2.69. The van der Waals surface area contributed by atoms with Crippen molar-refractivity contribution in [2.45, 2.75) is 19.5 Å². The molecule has 1 aromatic carbocycles. The van der Waals surface area contributed by atoms with Crippen molar-refractivity contribution in [2.75, 3.05) is 33.9 Å². The number of alkyl halides is 2. The molecule has 1 unspecified atom stereocenters. The second-order valence-corrected chi connectivity index (χ2v) is 6.09. The van der Waals surface area contributed by atoms with Gasteiger partial charge in [-0.1, -0.05) is 0 Å². The molecule has 144 valence electrons. The van der Waals surface area contributed by atoms with Crippen LogP contribution in [0.4, 0.5) is 8.78 Å². The molecule has 7 nitrogen and oxygen atoms in total. The van der Waals surface area contributed by atoms with Crippen LogP contribution in [0.2, 0.25) is 0 Å². The normalized spacial score (nSPS) is 20.1. The fraction of sp³-hybridized carbons (Fsp3) is 0.529. The van der Waals surface area contributed by atoms with E-state index in [0.29, 0.717) is 19.4 Å². The zero-order valence-corrected chi connectivity index (χ0v) is 14.5. The molecule has 26 heavy (non-hydrogen) atoms. The number of aliphatic carboxylic acids is 1. The molecule has 2 rings (SSSR count). The van der Waals surface area contributed by atoms with Gasteiger partial charge >= 0.3 is 12.6 Å². The maximum absolute atomic E-state index is 12.8. The highest BCUT2D eigenvalue weighted by atomic mass is 19.3. The first-order chi connectivity index (χ1) is 12.3. The Balaban J connectivity index is 2.23. The zero-order chi connectivity index (χ0) is 19.3. The predicted molar refractivity (Wildman–Crippen MR) is 86.7 cm³/mol. The number of amides is 1. The van der Waals surface area contributed by atoms with Gasteiger partial charge < -0.3 is 24.2 Å². The molecule has 0 saturated carbocycles. The molecular formula is C17H21F2NO6. The summed E-state index contributed by atoms with van der Waals surface area (Å²) in [5.41, 5.74) is -0.965. The number of benzene rings is 1. The number of halogens is 2. The average molecular weight is 373 g/mol. The number of carboxylic acids is 1. The molecule has 1 aliphatic rings. The van der Waals surface area contributed by atoms with Gasteiger partial charge in [-0.2, -0.15) is 8.78 Å². The summed E-state index contributed by atoms with van der Waals surface area (Å²) in [5, 5.41) is 9.57. The first kappa shape index (κ1) is 19.9. The summed E-state index contributed by atoms with van der Waals surface area (Å²) in [6.07, 6.45) is 0.926. The van der Waals surface area contributed by atoms with Gasteiger partial charge in [0.1, 0.15) is 5.41 Å². The Hall–Kier alpha value is -2.42. The SMILES string of the molecule is COCC1(C(=O)O)CCCN(C(=O)c2ccc(OC(F)F)c(OC)c2)C1. The average Bonchev–Trinajstić information content (AvgIpc) is 2.61. The second kappa shape index (κ2) is 8.31. The van der Waals surface area contributed by atoms with Crippen molar-refractivity contribution in [1.82, 2.24) is 4.90 Å². The Morgan fingerprint density at radius 3 is 2.62 bits per heavy atom. The molecule has 0 bridgehead atoms. The zero-order valence-electron chi connectivity index (χ0n) is 14.5. The number of ether oxygens (including phenoxy) is 3. The number of methoxy groups -OCH3 is 2. The first-order valence-electron chi connectivity index (χ1n) is 7.97. The minimum Gasteiger partial charge on any atom is -0.493 e. The largest absolute Gasteiger partial charge is 0.493 e. The van der Waals surface area contributed by atoms with Crippen LogP contribution < -0.4 is 9.47 Å². The lowest BCUT2D eigenvalue weighted by Gasteiger charge is -2.39. The van der Waals surface area contributed by atoms with Gasteiger partial charge in [-0.3, -0.25) is 9.59 Å². The highest BCUT2D eigenvalue weighted by molar-refractivity contribution is 5.95. The highest BCUT2D eigenvalue weighted by Crippen LogP contribution is 2.33. The van der Waals surface area contributed by atoms with Gasteiger partial charge in [-0.05, 0) is 31.0 Å². The lowest BCUT2D eigenvalue weighted by molar-refractivity contribution is -0.155. The maximum atomic E-state index is 12.8. The molecule has 1 fully saturated rings. The summed E-state index contributed by atoms with van der Waals surface area (Å²) in [6, 6.07) is 3.87. The Morgan fingerprint density at radius 2 is 2.04 bits per heavy atom. The number of rotatable bonds is 7. The van der Waals surface area contributed by atoms with Crippen LogP contribution in [0.15, 0.2) is 18.2 Å². The number of hydrogen-bond donors (Lipinski definition) is 1. The molecule has 0 radical (unpaired) electrons. The molecule has 0 spiro atoms. The molecule has 1 N–H and O–H groups in total. The summed E-state index contributed by atoms with van der Waals surface area (Å²) in [4.78, 5) is 25.9. The van der Waals surface area contributed by atoms with Crippen molar-refractivity contribution < 1.29 is 37.7 Å². The predicted octanol–water partition coefficient (Wildman–Crippen LogP) is 2.25. The molecule has 9 heteroatoms. The molecule has 1 amide bonds. The monoisotopic (exact) mass is 373 g/mol. The fourth-order valence-electron chi connectivity index (χ4n) is 3.11. The molecule has 1 aliphatic heterocycles. The van der Waals surface area contributed by atoms with Crippen molar-refractivity contribution in [2.24, 2.45) is 5.41 Å². The van der Waals surface area contributed by atoms with Gasteiger partial charge in [-0.15, -0.1) is 0 Å². The fourth-order valence-corrected chi connectivity index (χ4v) is 3.11. The van der Waals surface area contributed by atoms with Crippen molar-refractivity contribution in [3.05, 3.63) is 23.8 Å². The van der Waals surface area contributed by atoms with Gasteiger partial charge in [-0.25, -0.2) is 0 Å². The summed E-state index contributed by atoms with van der Waals surface area (Å²) in [6.45, 7) is -2.61. The molecule has 1 aromatic rings. The van der Waals surface area contributed by atoms with Crippen LogP contribution in [0, 0.1) is 5.41 Å². The van der Waals surface area contributed by atoms with Crippen molar-refractivity contribution >= 4 is 11.9 Å². The van der Waals surface area contributed by atoms with E-state index in [-0.39, 0.29) is 30.2 Å². The van der Waals surface area contributed by atoms with Crippen LogP contribution >= 0.6 is 0 Å². The number of hydrogen-bond acceptors (Lipinski definition) is 5. The Morgan fingerprint density at radius 1 is 1.31 bits per heavy atom. The minimum absolute atomic E-state index is 0.00337. The second-order valence-electron chi connectivity index (χ2n) is 6.09. The number of piperidine rings is 1. The third-order valence-electron chi connectivity index (χ3n) is 4.37. The van der Waals surface area contributed by atoms with E-state index in [1.165, 1.54) is 37.3 Å². The van der Waals surface area contributed by atoms with Gasteiger partial charge in [0.15, 0.2) is 11.5 Å². The van der Waals surface area contributed by atoms with Crippen LogP contribution in [0.5, 0.6) is 11.5 Å². The number of nitrogens with zero attached hydrogens (tertiary/aromatic N) is 1. The maximum Gasteiger partial charge on any atom is 0.387 e. The van der Waals surface area contributed by atoms with E-state index < -0.39 is 23.9 Å². The lowest BCUT2D eigenvalue weighted by Crippen LogP contribution is -2.52. The minimum atomic E-state index is -3.02. The molecule has 1 atom stereocenters. The van der Waals surface area contributed by atoms with Gasteiger partial charge in [0.25, 0.3) is 5.91 Å². The molecule has 0 aliphatic carbocycles. The van der Waals surface area contributed by atoms with E-state index in [0.717, 1.165) is 0 Å². The van der Waals surface area contributed by atoms with Crippen LogP contribution in [0.1, 0.15) is 23.2 Å². The Kier molecular flexibility index (Phi) is 6.36. The lowest BCUT2D eigenvalue weighted by atomic mass is 9.80. The quantitative estimate of drug-likeness (QED) is 0.789. The van der Waals surface area contributed by atoms with Crippen LogP contribution in [-0.4, -0.2) is 62.4 Å². The van der Waals surface area contributed by atoms with E-state index >= 15 is 0 Å².